The summed E-state index contributed by atoms with van der Waals surface area (Å²) in [5.74, 6) is 2.49. The van der Waals surface area contributed by atoms with Gasteiger partial charge in [-0.05, 0) is 31.6 Å². The fourth-order valence-electron chi connectivity index (χ4n) is 3.41. The third-order valence-corrected chi connectivity index (χ3v) is 4.81. The topological polar surface area (TPSA) is 41.3 Å². The Morgan fingerprint density at radius 3 is 2.89 bits per heavy atom. The van der Waals surface area contributed by atoms with Crippen LogP contribution in [0.2, 0.25) is 0 Å². The van der Waals surface area contributed by atoms with Crippen LogP contribution in [0, 0.1) is 11.8 Å². The van der Waals surface area contributed by atoms with Crippen molar-refractivity contribution in [2.75, 3.05) is 13.1 Å². The molecule has 1 N–H and O–H groups in total. The van der Waals surface area contributed by atoms with Crippen LogP contribution in [0.3, 0.4) is 0 Å². The predicted octanol–water partition coefficient (Wildman–Crippen LogP) is 2.27. The summed E-state index contributed by atoms with van der Waals surface area (Å²) in [5, 5.41) is 7.63. The van der Waals surface area contributed by atoms with Crippen LogP contribution >= 0.6 is 0 Å². The van der Waals surface area contributed by atoms with Crippen LogP contribution < -0.4 is 5.32 Å². The van der Waals surface area contributed by atoms with Crippen molar-refractivity contribution in [1.29, 1.82) is 0 Å². The van der Waals surface area contributed by atoms with Crippen LogP contribution in [0.4, 0.5) is 0 Å². The van der Waals surface area contributed by atoms with Gasteiger partial charge in [-0.15, -0.1) is 0 Å². The fourth-order valence-corrected chi connectivity index (χ4v) is 3.41. The molecule has 1 aliphatic carbocycles. The molecule has 1 saturated heterocycles. The van der Waals surface area contributed by atoms with Gasteiger partial charge in [0.05, 0.1) is 12.7 Å². The first-order chi connectivity index (χ1) is 9.08. The smallest absolute Gasteiger partial charge is 0.150 e. The molecular formula is C15H25N3O. The molecule has 2 atom stereocenters. The lowest BCUT2D eigenvalue weighted by molar-refractivity contribution is 0.0399. The molecule has 2 fully saturated rings. The average Bonchev–Trinajstić information content (AvgIpc) is 3.10. The summed E-state index contributed by atoms with van der Waals surface area (Å²) >= 11 is 0. The number of hydrogen-bond donors (Lipinski definition) is 1. The van der Waals surface area contributed by atoms with E-state index in [2.05, 4.69) is 36.1 Å². The first-order valence-electron chi connectivity index (χ1n) is 7.47. The van der Waals surface area contributed by atoms with Crippen molar-refractivity contribution in [3.05, 3.63) is 18.0 Å². The van der Waals surface area contributed by atoms with Gasteiger partial charge in [0, 0.05) is 30.7 Å². The fraction of sp³-hybridized carbons (Fsp3) is 0.800. The summed E-state index contributed by atoms with van der Waals surface area (Å²) < 4.78 is 5.30. The molecule has 0 radical (unpaired) electrons. The third kappa shape index (κ3) is 2.70. The highest BCUT2D eigenvalue weighted by atomic mass is 16.5. The minimum atomic E-state index is 0.283. The SMILES string of the molecule is CC(C)C1CNC(C)(C2CC2)CN1Cc1ccno1. The maximum Gasteiger partial charge on any atom is 0.150 e. The lowest BCUT2D eigenvalue weighted by atomic mass is 9.88. The molecule has 0 amide bonds. The quantitative estimate of drug-likeness (QED) is 0.905. The summed E-state index contributed by atoms with van der Waals surface area (Å²) in [4.78, 5) is 2.58. The molecule has 0 aromatic carbocycles. The van der Waals surface area contributed by atoms with Crippen molar-refractivity contribution in [3.8, 4) is 0 Å². The Hall–Kier alpha value is -0.870. The van der Waals surface area contributed by atoms with Gasteiger partial charge < -0.3 is 9.84 Å². The van der Waals surface area contributed by atoms with E-state index in [-0.39, 0.29) is 5.54 Å². The van der Waals surface area contributed by atoms with Crippen LogP contribution in [-0.2, 0) is 6.54 Å². The summed E-state index contributed by atoms with van der Waals surface area (Å²) in [6.45, 7) is 10.1. The number of aromatic nitrogens is 1. The molecule has 2 aliphatic rings. The molecule has 4 nitrogen and oxygen atoms in total. The van der Waals surface area contributed by atoms with Crippen LogP contribution in [0.1, 0.15) is 39.4 Å². The van der Waals surface area contributed by atoms with E-state index in [9.17, 15) is 0 Å². The van der Waals surface area contributed by atoms with Gasteiger partial charge >= 0.3 is 0 Å². The van der Waals surface area contributed by atoms with E-state index in [1.54, 1.807) is 6.20 Å². The molecule has 2 unspecified atom stereocenters. The molecule has 1 aliphatic heterocycles. The van der Waals surface area contributed by atoms with Crippen molar-refractivity contribution in [2.45, 2.75) is 51.7 Å². The highest BCUT2D eigenvalue weighted by Crippen LogP contribution is 2.42. The molecule has 1 saturated carbocycles. The van der Waals surface area contributed by atoms with E-state index in [0.717, 1.165) is 31.3 Å². The molecule has 1 aromatic rings. The second-order valence-electron chi connectivity index (χ2n) is 6.77. The molecule has 19 heavy (non-hydrogen) atoms. The van der Waals surface area contributed by atoms with Crippen molar-refractivity contribution in [3.63, 3.8) is 0 Å². The largest absolute Gasteiger partial charge is 0.360 e. The zero-order valence-corrected chi connectivity index (χ0v) is 12.2. The van der Waals surface area contributed by atoms with Gasteiger partial charge in [-0.2, -0.15) is 0 Å². The summed E-state index contributed by atoms with van der Waals surface area (Å²) in [7, 11) is 0. The van der Waals surface area contributed by atoms with Gasteiger partial charge in [0.1, 0.15) is 0 Å². The first kappa shape index (κ1) is 13.1. The molecule has 0 bridgehead atoms. The monoisotopic (exact) mass is 263 g/mol. The zero-order chi connectivity index (χ0) is 13.5. The van der Waals surface area contributed by atoms with Crippen LogP contribution in [0.15, 0.2) is 16.8 Å². The van der Waals surface area contributed by atoms with E-state index in [1.807, 2.05) is 6.07 Å². The Bertz CT molecular complexity index is 413. The lowest BCUT2D eigenvalue weighted by Gasteiger charge is -2.47. The molecule has 0 spiro atoms. The average molecular weight is 263 g/mol. The van der Waals surface area contributed by atoms with E-state index in [0.29, 0.717) is 12.0 Å². The van der Waals surface area contributed by atoms with E-state index in [1.165, 1.54) is 12.8 Å². The molecule has 2 heterocycles. The van der Waals surface area contributed by atoms with Gasteiger partial charge in [-0.25, -0.2) is 0 Å². The second-order valence-corrected chi connectivity index (χ2v) is 6.77. The number of nitrogens with one attached hydrogen (secondary N) is 1. The van der Waals surface area contributed by atoms with Gasteiger partial charge in [0.25, 0.3) is 0 Å². The maximum absolute atomic E-state index is 5.30. The van der Waals surface area contributed by atoms with Gasteiger partial charge in [0.15, 0.2) is 5.76 Å². The Morgan fingerprint density at radius 1 is 1.53 bits per heavy atom. The summed E-state index contributed by atoms with van der Waals surface area (Å²) in [6.07, 6.45) is 4.50. The van der Waals surface area contributed by atoms with Crippen molar-refractivity contribution in [2.24, 2.45) is 11.8 Å². The predicted molar refractivity (Wildman–Crippen MR) is 74.7 cm³/mol. The summed E-state index contributed by atoms with van der Waals surface area (Å²) in [5.41, 5.74) is 0.283. The maximum atomic E-state index is 5.30. The van der Waals surface area contributed by atoms with E-state index < -0.39 is 0 Å². The molecule has 3 rings (SSSR count). The highest BCUT2D eigenvalue weighted by Gasteiger charge is 2.46. The first-order valence-corrected chi connectivity index (χ1v) is 7.47. The normalized spacial score (nSPS) is 32.9. The van der Waals surface area contributed by atoms with Crippen LogP contribution in [0.5, 0.6) is 0 Å². The van der Waals surface area contributed by atoms with Gasteiger partial charge in [-0.3, -0.25) is 4.90 Å². The van der Waals surface area contributed by atoms with E-state index >= 15 is 0 Å². The second kappa shape index (κ2) is 4.91. The molecule has 106 valence electrons. The number of rotatable bonds is 4. The molecular weight excluding hydrogens is 238 g/mol. The molecule has 1 aromatic heterocycles. The van der Waals surface area contributed by atoms with Crippen molar-refractivity contribution >= 4 is 0 Å². The Balaban J connectivity index is 1.74. The number of hydrogen-bond acceptors (Lipinski definition) is 4. The standard InChI is InChI=1S/C15H25N3O/c1-11(2)14-8-16-15(3,12-4-5-12)10-18(14)9-13-6-7-17-19-13/h6-7,11-12,14,16H,4-5,8-10H2,1-3H3. The Kier molecular flexibility index (Phi) is 3.39. The third-order valence-electron chi connectivity index (χ3n) is 4.81. The van der Waals surface area contributed by atoms with Gasteiger partial charge in [0.2, 0.25) is 0 Å². The van der Waals surface area contributed by atoms with E-state index in [4.69, 9.17) is 4.52 Å². The van der Waals surface area contributed by atoms with Crippen molar-refractivity contribution in [1.82, 2.24) is 15.4 Å². The van der Waals surface area contributed by atoms with Crippen molar-refractivity contribution < 1.29 is 4.52 Å². The number of piperazine rings is 1. The van der Waals surface area contributed by atoms with Gasteiger partial charge in [-0.1, -0.05) is 19.0 Å². The van der Waals surface area contributed by atoms with Crippen LogP contribution in [0.25, 0.3) is 0 Å². The lowest BCUT2D eigenvalue weighted by Crippen LogP contribution is -2.64. The Labute approximate surface area is 115 Å². The highest BCUT2D eigenvalue weighted by molar-refractivity contribution is 5.06. The minimum absolute atomic E-state index is 0.283. The van der Waals surface area contributed by atoms with Crippen LogP contribution in [-0.4, -0.2) is 34.7 Å². The molecule has 4 heteroatoms. The Morgan fingerprint density at radius 2 is 2.32 bits per heavy atom. The minimum Gasteiger partial charge on any atom is -0.360 e. The summed E-state index contributed by atoms with van der Waals surface area (Å²) in [6, 6.07) is 2.56. The number of nitrogens with zero attached hydrogens (tertiary/aromatic N) is 2. The zero-order valence-electron chi connectivity index (χ0n) is 12.2.